The first-order chi connectivity index (χ1) is 15.7. The van der Waals surface area contributed by atoms with Crippen molar-refractivity contribution in [3.8, 4) is 11.4 Å². The van der Waals surface area contributed by atoms with Crippen LogP contribution < -0.4 is 10.1 Å². The van der Waals surface area contributed by atoms with E-state index in [9.17, 15) is 4.79 Å². The van der Waals surface area contributed by atoms with E-state index in [-0.39, 0.29) is 5.91 Å². The molecule has 32 heavy (non-hydrogen) atoms. The first-order valence-corrected chi connectivity index (χ1v) is 11.3. The van der Waals surface area contributed by atoms with Crippen molar-refractivity contribution in [3.05, 3.63) is 96.3 Å². The molecule has 0 radical (unpaired) electrons. The third kappa shape index (κ3) is 4.84. The van der Waals surface area contributed by atoms with E-state index in [0.29, 0.717) is 23.2 Å². The molecule has 0 bridgehead atoms. The van der Waals surface area contributed by atoms with E-state index in [1.54, 1.807) is 0 Å². The Hall–Kier alpha value is -3.58. The number of carbonyl (C=O) groups excluding carboxylic acids is 1. The molecule has 1 amide bonds. The molecule has 1 atom stereocenters. The summed E-state index contributed by atoms with van der Waals surface area (Å²) in [5, 5.41) is 11.8. The Kier molecular flexibility index (Phi) is 6.87. The van der Waals surface area contributed by atoms with E-state index < -0.39 is 5.25 Å². The molecule has 0 aliphatic carbocycles. The maximum atomic E-state index is 13.5. The lowest BCUT2D eigenvalue weighted by atomic mass is 10.1. The van der Waals surface area contributed by atoms with Gasteiger partial charge in [-0.25, -0.2) is 0 Å². The summed E-state index contributed by atoms with van der Waals surface area (Å²) in [5.41, 5.74) is 2.47. The van der Waals surface area contributed by atoms with Crippen molar-refractivity contribution < 1.29 is 9.53 Å². The van der Waals surface area contributed by atoms with Crippen LogP contribution in [-0.2, 0) is 4.79 Å². The summed E-state index contributed by atoms with van der Waals surface area (Å²) in [7, 11) is 0. The largest absolute Gasteiger partial charge is 0.492 e. The fourth-order valence-corrected chi connectivity index (χ4v) is 4.45. The summed E-state index contributed by atoms with van der Waals surface area (Å²) >= 11 is 1.37. The normalized spacial score (nSPS) is 11.7. The molecule has 0 aliphatic heterocycles. The predicted molar refractivity (Wildman–Crippen MR) is 127 cm³/mol. The highest BCUT2D eigenvalue weighted by atomic mass is 32.2. The molecule has 1 N–H and O–H groups in total. The van der Waals surface area contributed by atoms with Crippen LogP contribution in [0.2, 0.25) is 0 Å². The first-order valence-electron chi connectivity index (χ1n) is 10.4. The van der Waals surface area contributed by atoms with Crippen LogP contribution >= 0.6 is 11.8 Å². The minimum Gasteiger partial charge on any atom is -0.492 e. The van der Waals surface area contributed by atoms with Crippen LogP contribution in [0.3, 0.4) is 0 Å². The van der Waals surface area contributed by atoms with Gasteiger partial charge >= 0.3 is 0 Å². The van der Waals surface area contributed by atoms with Crippen molar-refractivity contribution in [2.75, 3.05) is 11.9 Å². The summed E-state index contributed by atoms with van der Waals surface area (Å²) in [6.07, 6.45) is 0. The second-order valence-electron chi connectivity index (χ2n) is 7.03. The molecule has 0 saturated carbocycles. The van der Waals surface area contributed by atoms with Gasteiger partial charge in [-0.3, -0.25) is 9.36 Å². The third-order valence-corrected chi connectivity index (χ3v) is 6.02. The van der Waals surface area contributed by atoms with Crippen LogP contribution in [-0.4, -0.2) is 27.3 Å². The van der Waals surface area contributed by atoms with E-state index in [2.05, 4.69) is 15.5 Å². The van der Waals surface area contributed by atoms with Crippen LogP contribution in [0.1, 0.15) is 23.6 Å². The number of hydrogen-bond acceptors (Lipinski definition) is 5. The number of rotatable bonds is 8. The number of para-hydroxylation sites is 3. The van der Waals surface area contributed by atoms with Gasteiger partial charge in [0.25, 0.3) is 0 Å². The number of aryl methyl sites for hydroxylation is 1. The van der Waals surface area contributed by atoms with E-state index in [4.69, 9.17) is 4.74 Å². The molecule has 7 heteroatoms. The van der Waals surface area contributed by atoms with Gasteiger partial charge in [0.05, 0.1) is 12.3 Å². The smallest absolute Gasteiger partial charge is 0.242 e. The minimum atomic E-state index is -0.531. The standard InChI is InChI=1S/C25H24N4O2S/c1-3-31-22-17-11-10-16-21(22)26-24(30)23(19-12-6-4-7-13-19)32-25-28-27-18(2)29(25)20-14-8-5-9-15-20/h4-17,23H,3H2,1-2H3,(H,26,30). The molecule has 4 aromatic rings. The molecule has 0 spiro atoms. The lowest BCUT2D eigenvalue weighted by Gasteiger charge is -2.18. The van der Waals surface area contributed by atoms with Gasteiger partial charge in [-0.15, -0.1) is 10.2 Å². The molecule has 0 saturated heterocycles. The zero-order valence-electron chi connectivity index (χ0n) is 17.9. The van der Waals surface area contributed by atoms with Crippen molar-refractivity contribution in [3.63, 3.8) is 0 Å². The number of carbonyl (C=O) groups is 1. The quantitative estimate of drug-likeness (QED) is 0.366. The Morgan fingerprint density at radius 1 is 0.969 bits per heavy atom. The molecule has 1 aromatic heterocycles. The molecule has 4 rings (SSSR count). The fraction of sp³-hybridized carbons (Fsp3) is 0.160. The number of aromatic nitrogens is 3. The Bertz CT molecular complexity index is 1180. The van der Waals surface area contributed by atoms with E-state index in [1.165, 1.54) is 11.8 Å². The van der Waals surface area contributed by atoms with Crippen LogP contribution in [0.5, 0.6) is 5.75 Å². The Labute approximate surface area is 191 Å². The van der Waals surface area contributed by atoms with E-state index in [0.717, 1.165) is 17.1 Å². The summed E-state index contributed by atoms with van der Waals surface area (Å²) in [6.45, 7) is 4.34. The third-order valence-electron chi connectivity index (χ3n) is 4.82. The summed E-state index contributed by atoms with van der Waals surface area (Å²) < 4.78 is 7.63. The highest BCUT2D eigenvalue weighted by Gasteiger charge is 2.26. The van der Waals surface area contributed by atoms with Gasteiger partial charge < -0.3 is 10.1 Å². The number of thioether (sulfide) groups is 1. The Morgan fingerprint density at radius 3 is 2.34 bits per heavy atom. The number of amides is 1. The van der Waals surface area contributed by atoms with Crippen molar-refractivity contribution in [2.24, 2.45) is 0 Å². The minimum absolute atomic E-state index is 0.159. The lowest BCUT2D eigenvalue weighted by Crippen LogP contribution is -2.20. The molecule has 0 fully saturated rings. The van der Waals surface area contributed by atoms with Crippen molar-refractivity contribution in [1.82, 2.24) is 14.8 Å². The fourth-order valence-electron chi connectivity index (χ4n) is 3.35. The van der Waals surface area contributed by atoms with Gasteiger partial charge in [-0.1, -0.05) is 72.4 Å². The zero-order chi connectivity index (χ0) is 22.3. The molecule has 6 nitrogen and oxygen atoms in total. The van der Waals surface area contributed by atoms with Gasteiger partial charge in [-0.2, -0.15) is 0 Å². The van der Waals surface area contributed by atoms with E-state index in [1.807, 2.05) is 103 Å². The maximum Gasteiger partial charge on any atom is 0.242 e. The van der Waals surface area contributed by atoms with Gasteiger partial charge in [-0.05, 0) is 43.7 Å². The monoisotopic (exact) mass is 444 g/mol. The second kappa shape index (κ2) is 10.2. The predicted octanol–water partition coefficient (Wildman–Crippen LogP) is 5.45. The van der Waals surface area contributed by atoms with Crippen molar-refractivity contribution in [1.29, 1.82) is 0 Å². The summed E-state index contributed by atoms with van der Waals surface area (Å²) in [5.74, 6) is 1.24. The number of nitrogens with zero attached hydrogens (tertiary/aromatic N) is 3. The number of benzene rings is 3. The molecule has 162 valence electrons. The van der Waals surface area contributed by atoms with Gasteiger partial charge in [0.1, 0.15) is 16.8 Å². The zero-order valence-corrected chi connectivity index (χ0v) is 18.8. The SMILES string of the molecule is CCOc1ccccc1NC(=O)C(Sc1nnc(C)n1-c1ccccc1)c1ccccc1. The van der Waals surface area contributed by atoms with Crippen LogP contribution in [0.4, 0.5) is 5.69 Å². The second-order valence-corrected chi connectivity index (χ2v) is 8.10. The van der Waals surface area contributed by atoms with Crippen LogP contribution in [0, 0.1) is 6.92 Å². The van der Waals surface area contributed by atoms with Crippen molar-refractivity contribution in [2.45, 2.75) is 24.3 Å². The van der Waals surface area contributed by atoms with Crippen molar-refractivity contribution >= 4 is 23.4 Å². The Balaban J connectivity index is 1.67. The molecular weight excluding hydrogens is 420 g/mol. The Morgan fingerprint density at radius 2 is 1.62 bits per heavy atom. The average Bonchev–Trinajstić information content (AvgIpc) is 3.20. The molecule has 1 unspecified atom stereocenters. The number of anilines is 1. The highest BCUT2D eigenvalue weighted by Crippen LogP contribution is 2.37. The molecule has 0 aliphatic rings. The van der Waals surface area contributed by atoms with Gasteiger partial charge in [0.2, 0.25) is 5.91 Å². The van der Waals surface area contributed by atoms with Crippen LogP contribution in [0.25, 0.3) is 5.69 Å². The molecular formula is C25H24N4O2S. The van der Waals surface area contributed by atoms with E-state index >= 15 is 0 Å². The number of hydrogen-bond donors (Lipinski definition) is 1. The first kappa shape index (κ1) is 21.6. The molecule has 3 aromatic carbocycles. The van der Waals surface area contributed by atoms with Gasteiger partial charge in [0, 0.05) is 5.69 Å². The number of ether oxygens (including phenoxy) is 1. The number of nitrogens with one attached hydrogen (secondary N) is 1. The van der Waals surface area contributed by atoms with Gasteiger partial charge in [0.15, 0.2) is 5.16 Å². The average molecular weight is 445 g/mol. The topological polar surface area (TPSA) is 69.0 Å². The summed E-state index contributed by atoms with van der Waals surface area (Å²) in [4.78, 5) is 13.5. The molecule has 1 heterocycles. The maximum absolute atomic E-state index is 13.5. The summed E-state index contributed by atoms with van der Waals surface area (Å²) in [6, 6.07) is 27.0. The van der Waals surface area contributed by atoms with Crippen LogP contribution in [0.15, 0.2) is 90.1 Å². The lowest BCUT2D eigenvalue weighted by molar-refractivity contribution is -0.115. The highest BCUT2D eigenvalue weighted by molar-refractivity contribution is 8.00.